The number of hydrogen-bond donors (Lipinski definition) is 1. The Hall–Kier alpha value is -2.71. The fraction of sp³-hybridized carbons (Fsp3) is 0.100. The summed E-state index contributed by atoms with van der Waals surface area (Å²) in [6.45, 7) is 0. The van der Waals surface area contributed by atoms with Gasteiger partial charge in [0.1, 0.15) is 0 Å². The van der Waals surface area contributed by atoms with Crippen molar-refractivity contribution in [1.82, 2.24) is 0 Å². The fourth-order valence-electron chi connectivity index (χ4n) is 2.63. The zero-order valence-electron chi connectivity index (χ0n) is 14.4. The molecule has 0 saturated heterocycles. The van der Waals surface area contributed by atoms with E-state index in [1.807, 2.05) is 114 Å². The molecule has 128 valence electrons. The van der Waals surface area contributed by atoms with Crippen molar-refractivity contribution in [2.45, 2.75) is 0 Å². The van der Waals surface area contributed by atoms with Gasteiger partial charge in [0.15, 0.2) is 0 Å². The predicted octanol–water partition coefficient (Wildman–Crippen LogP) is 5.48. The van der Waals surface area contributed by atoms with Crippen molar-refractivity contribution in [2.75, 3.05) is 28.5 Å². The number of anilines is 3. The molecule has 0 bridgehead atoms. The molecule has 0 atom stereocenters. The third-order valence-electron chi connectivity index (χ3n) is 4.12. The van der Waals surface area contributed by atoms with E-state index in [1.54, 1.807) is 0 Å². The van der Waals surface area contributed by atoms with E-state index in [2.05, 4.69) is 5.09 Å². The van der Waals surface area contributed by atoms with Gasteiger partial charge in [0, 0.05) is 31.2 Å². The van der Waals surface area contributed by atoms with Crippen LogP contribution >= 0.6 is 7.59 Å². The largest absolute Gasteiger partial charge is 0.357 e. The minimum Gasteiger partial charge on any atom is -0.304 e. The average molecular weight is 351 g/mol. The van der Waals surface area contributed by atoms with Crippen LogP contribution in [0.2, 0.25) is 0 Å². The van der Waals surface area contributed by atoms with Crippen LogP contribution in [-0.4, -0.2) is 14.1 Å². The highest BCUT2D eigenvalue weighted by Gasteiger charge is 2.34. The quantitative estimate of drug-likeness (QED) is 0.597. The highest BCUT2D eigenvalue weighted by atomic mass is 31.2. The zero-order chi connectivity index (χ0) is 17.7. The van der Waals surface area contributed by atoms with Gasteiger partial charge >= 0.3 is 7.59 Å². The van der Waals surface area contributed by atoms with Gasteiger partial charge in [0.05, 0.1) is 0 Å². The molecule has 25 heavy (non-hydrogen) atoms. The fourth-order valence-corrected chi connectivity index (χ4v) is 4.71. The topological polar surface area (TPSA) is 35.6 Å². The van der Waals surface area contributed by atoms with E-state index >= 15 is 0 Å². The van der Waals surface area contributed by atoms with Crippen molar-refractivity contribution in [1.29, 1.82) is 0 Å². The van der Waals surface area contributed by atoms with Gasteiger partial charge in [-0.3, -0.25) is 9.34 Å². The number of rotatable bonds is 6. The molecule has 0 spiro atoms. The smallest absolute Gasteiger partial charge is 0.304 e. The molecule has 0 fully saturated rings. The minimum absolute atomic E-state index is 0.816. The van der Waals surface area contributed by atoms with Gasteiger partial charge in [0.2, 0.25) is 0 Å². The standard InChI is InChI=1S/C20H22N3OP/c1-22(19-14-8-4-9-15-19)25(24,21-18-12-6-3-7-13-18)23(2)20-16-10-5-11-17-20/h3-17H,1-2H3,(H,21,24). The molecule has 1 N–H and O–H groups in total. The van der Waals surface area contributed by atoms with Crippen LogP contribution in [0.3, 0.4) is 0 Å². The summed E-state index contributed by atoms with van der Waals surface area (Å²) >= 11 is 0. The Morgan fingerprint density at radius 3 is 1.40 bits per heavy atom. The van der Waals surface area contributed by atoms with Crippen LogP contribution in [0.25, 0.3) is 0 Å². The molecule has 0 radical (unpaired) electrons. The molecule has 0 aromatic heterocycles. The molecule has 5 heteroatoms. The molecule has 0 aliphatic rings. The molecule has 3 rings (SSSR count). The Bertz CT molecular complexity index is 791. The van der Waals surface area contributed by atoms with Crippen LogP contribution in [0.5, 0.6) is 0 Å². The molecule has 0 unspecified atom stereocenters. The van der Waals surface area contributed by atoms with Crippen LogP contribution in [-0.2, 0) is 4.57 Å². The molecule has 0 heterocycles. The third kappa shape index (κ3) is 3.70. The second-order valence-corrected chi connectivity index (χ2v) is 8.25. The lowest BCUT2D eigenvalue weighted by atomic mass is 10.3. The van der Waals surface area contributed by atoms with Crippen LogP contribution < -0.4 is 14.4 Å². The van der Waals surface area contributed by atoms with Gasteiger partial charge in [-0.2, -0.15) is 0 Å². The van der Waals surface area contributed by atoms with E-state index in [1.165, 1.54) is 0 Å². The number of benzene rings is 3. The number of para-hydroxylation sites is 3. The van der Waals surface area contributed by atoms with Crippen molar-refractivity contribution < 1.29 is 4.57 Å². The normalized spacial score (nSPS) is 11.0. The Labute approximate surface area is 149 Å². The van der Waals surface area contributed by atoms with E-state index in [9.17, 15) is 4.57 Å². The van der Waals surface area contributed by atoms with Crippen molar-refractivity contribution in [3.8, 4) is 0 Å². The third-order valence-corrected chi connectivity index (χ3v) is 6.76. The summed E-state index contributed by atoms with van der Waals surface area (Å²) in [6.07, 6.45) is 0. The number of nitrogens with one attached hydrogen (secondary N) is 1. The molecule has 0 aliphatic carbocycles. The first kappa shape index (κ1) is 17.1. The van der Waals surface area contributed by atoms with Gasteiger partial charge in [-0.1, -0.05) is 54.6 Å². The van der Waals surface area contributed by atoms with E-state index < -0.39 is 7.59 Å². The van der Waals surface area contributed by atoms with Crippen molar-refractivity contribution in [3.05, 3.63) is 91.0 Å². The summed E-state index contributed by atoms with van der Waals surface area (Å²) < 4.78 is 17.7. The van der Waals surface area contributed by atoms with Gasteiger partial charge in [0.25, 0.3) is 0 Å². The Balaban J connectivity index is 2.03. The maximum atomic E-state index is 14.1. The first-order valence-corrected chi connectivity index (χ1v) is 9.74. The zero-order valence-corrected chi connectivity index (χ0v) is 15.3. The molecule has 0 aliphatic heterocycles. The van der Waals surface area contributed by atoms with E-state index in [-0.39, 0.29) is 0 Å². The highest BCUT2D eigenvalue weighted by Crippen LogP contribution is 2.54. The summed E-state index contributed by atoms with van der Waals surface area (Å²) in [7, 11) is 0.555. The van der Waals surface area contributed by atoms with E-state index in [0.29, 0.717) is 0 Å². The first-order valence-electron chi connectivity index (χ1n) is 8.13. The Kier molecular flexibility index (Phi) is 5.11. The van der Waals surface area contributed by atoms with Gasteiger partial charge in [-0.25, -0.2) is 4.57 Å². The first-order chi connectivity index (χ1) is 12.1. The van der Waals surface area contributed by atoms with Crippen LogP contribution in [0.15, 0.2) is 91.0 Å². The predicted molar refractivity (Wildman–Crippen MR) is 107 cm³/mol. The minimum atomic E-state index is -3.15. The number of hydrogen-bond acceptors (Lipinski definition) is 1. The molecule has 3 aromatic rings. The maximum absolute atomic E-state index is 14.1. The summed E-state index contributed by atoms with van der Waals surface area (Å²) in [5.74, 6) is 0. The lowest BCUT2D eigenvalue weighted by Crippen LogP contribution is -2.30. The highest BCUT2D eigenvalue weighted by molar-refractivity contribution is 7.68. The van der Waals surface area contributed by atoms with E-state index in [0.717, 1.165) is 17.1 Å². The Morgan fingerprint density at radius 1 is 0.640 bits per heavy atom. The van der Waals surface area contributed by atoms with Crippen LogP contribution in [0.1, 0.15) is 0 Å². The molecular weight excluding hydrogens is 329 g/mol. The summed E-state index contributed by atoms with van der Waals surface area (Å²) in [5, 5.41) is 3.26. The van der Waals surface area contributed by atoms with E-state index in [4.69, 9.17) is 0 Å². The summed E-state index contributed by atoms with van der Waals surface area (Å²) in [5.41, 5.74) is 2.59. The molecule has 0 amide bonds. The van der Waals surface area contributed by atoms with Gasteiger partial charge < -0.3 is 5.09 Å². The average Bonchev–Trinajstić information content (AvgIpc) is 2.69. The lowest BCUT2D eigenvalue weighted by molar-refractivity contribution is 0.575. The Morgan fingerprint density at radius 2 is 1.00 bits per heavy atom. The second kappa shape index (κ2) is 7.45. The number of nitrogens with zero attached hydrogens (tertiary/aromatic N) is 2. The van der Waals surface area contributed by atoms with Crippen molar-refractivity contribution >= 4 is 24.7 Å². The van der Waals surface area contributed by atoms with Gasteiger partial charge in [-0.05, 0) is 36.4 Å². The SMILES string of the molecule is CN(c1ccccc1)P(=O)(Nc1ccccc1)N(C)c1ccccc1. The maximum Gasteiger partial charge on any atom is 0.357 e. The van der Waals surface area contributed by atoms with Crippen molar-refractivity contribution in [3.63, 3.8) is 0 Å². The molecule has 3 aromatic carbocycles. The van der Waals surface area contributed by atoms with Crippen LogP contribution in [0, 0.1) is 0 Å². The summed E-state index contributed by atoms with van der Waals surface area (Å²) in [6, 6.07) is 29.2. The second-order valence-electron chi connectivity index (χ2n) is 5.74. The summed E-state index contributed by atoms with van der Waals surface area (Å²) in [4.78, 5) is 0. The monoisotopic (exact) mass is 351 g/mol. The van der Waals surface area contributed by atoms with Crippen LogP contribution in [0.4, 0.5) is 17.1 Å². The molecule has 0 saturated carbocycles. The van der Waals surface area contributed by atoms with Gasteiger partial charge in [-0.15, -0.1) is 0 Å². The lowest BCUT2D eigenvalue weighted by Gasteiger charge is -2.38. The van der Waals surface area contributed by atoms with Crippen molar-refractivity contribution in [2.24, 2.45) is 0 Å². The molecule has 4 nitrogen and oxygen atoms in total. The molecular formula is C20H22N3OP.